The lowest BCUT2D eigenvalue weighted by Crippen LogP contribution is -2.41. The van der Waals surface area contributed by atoms with Crippen molar-refractivity contribution in [2.24, 2.45) is 0 Å². The number of aromatic nitrogens is 1. The topological polar surface area (TPSA) is 70.8 Å². The Labute approximate surface area is 199 Å². The first-order chi connectivity index (χ1) is 16.5. The van der Waals surface area contributed by atoms with Gasteiger partial charge in [0.15, 0.2) is 5.69 Å². The fraction of sp³-hybridized carbons (Fsp3) is 0.385. The standard InChI is InChI=1S/C26H31FN4O3/c1-20-3-2-4-22(15-20)17-31(10-9-30-11-13-33-14-12-30)18-25-29-24(19-34-25)26(32)28-16-21-5-7-23(27)8-6-21/h2-8,15,19H,9-14,16-18H2,1H3,(H,28,32). The van der Waals surface area contributed by atoms with E-state index in [1.807, 2.05) is 0 Å². The summed E-state index contributed by atoms with van der Waals surface area (Å²) in [5.41, 5.74) is 3.50. The summed E-state index contributed by atoms with van der Waals surface area (Å²) in [5, 5.41) is 2.80. The van der Waals surface area contributed by atoms with Crippen LogP contribution in [-0.2, 0) is 24.4 Å². The number of hydrogen-bond acceptors (Lipinski definition) is 6. The van der Waals surface area contributed by atoms with Gasteiger partial charge in [-0.3, -0.25) is 14.6 Å². The van der Waals surface area contributed by atoms with Crippen molar-refractivity contribution in [3.63, 3.8) is 0 Å². The van der Waals surface area contributed by atoms with Gasteiger partial charge in [-0.25, -0.2) is 9.37 Å². The van der Waals surface area contributed by atoms with Crippen LogP contribution in [0.3, 0.4) is 0 Å². The molecule has 1 N–H and O–H groups in total. The third kappa shape index (κ3) is 7.21. The molecule has 7 nitrogen and oxygen atoms in total. The van der Waals surface area contributed by atoms with E-state index in [4.69, 9.17) is 9.15 Å². The van der Waals surface area contributed by atoms with Crippen LogP contribution in [0.1, 0.15) is 33.1 Å². The molecule has 1 saturated heterocycles. The van der Waals surface area contributed by atoms with Crippen LogP contribution in [0.5, 0.6) is 0 Å². The molecule has 34 heavy (non-hydrogen) atoms. The second-order valence-electron chi connectivity index (χ2n) is 8.59. The molecule has 0 spiro atoms. The highest BCUT2D eigenvalue weighted by Gasteiger charge is 2.17. The van der Waals surface area contributed by atoms with E-state index in [2.05, 4.69) is 51.3 Å². The van der Waals surface area contributed by atoms with Crippen molar-refractivity contribution < 1.29 is 18.3 Å². The Bertz CT molecular complexity index is 1060. The van der Waals surface area contributed by atoms with Crippen LogP contribution < -0.4 is 5.32 Å². The van der Waals surface area contributed by atoms with Crippen molar-refractivity contribution in [1.82, 2.24) is 20.1 Å². The average Bonchev–Trinajstić information content (AvgIpc) is 3.31. The van der Waals surface area contributed by atoms with E-state index in [0.29, 0.717) is 19.0 Å². The number of nitrogens with zero attached hydrogens (tertiary/aromatic N) is 3. The molecular weight excluding hydrogens is 435 g/mol. The number of hydrogen-bond donors (Lipinski definition) is 1. The highest BCUT2D eigenvalue weighted by molar-refractivity contribution is 5.91. The SMILES string of the molecule is Cc1cccc(CN(CCN2CCOCC2)Cc2nc(C(=O)NCc3ccc(F)cc3)co2)c1. The molecule has 2 heterocycles. The minimum absolute atomic E-state index is 0.237. The molecule has 8 heteroatoms. The maximum Gasteiger partial charge on any atom is 0.273 e. The lowest BCUT2D eigenvalue weighted by Gasteiger charge is -2.29. The van der Waals surface area contributed by atoms with E-state index in [-0.39, 0.29) is 17.4 Å². The predicted octanol–water partition coefficient (Wildman–Crippen LogP) is 3.39. The van der Waals surface area contributed by atoms with E-state index >= 15 is 0 Å². The van der Waals surface area contributed by atoms with Crippen LogP contribution in [0.4, 0.5) is 4.39 Å². The van der Waals surface area contributed by atoms with Gasteiger partial charge in [-0.05, 0) is 30.2 Å². The molecule has 180 valence electrons. The van der Waals surface area contributed by atoms with Crippen LogP contribution in [0.25, 0.3) is 0 Å². The first-order valence-electron chi connectivity index (χ1n) is 11.6. The number of halogens is 1. The predicted molar refractivity (Wildman–Crippen MR) is 127 cm³/mol. The summed E-state index contributed by atoms with van der Waals surface area (Å²) in [6, 6.07) is 14.5. The van der Waals surface area contributed by atoms with E-state index in [1.165, 1.54) is 29.5 Å². The van der Waals surface area contributed by atoms with Gasteiger partial charge in [-0.1, -0.05) is 42.0 Å². The number of ether oxygens (including phenoxy) is 1. The number of carbonyl (C=O) groups is 1. The van der Waals surface area contributed by atoms with Crippen LogP contribution in [0.15, 0.2) is 59.2 Å². The molecule has 1 aliphatic rings. The van der Waals surface area contributed by atoms with E-state index in [0.717, 1.165) is 51.5 Å². The second kappa shape index (κ2) is 11.9. The highest BCUT2D eigenvalue weighted by atomic mass is 19.1. The summed E-state index contributed by atoms with van der Waals surface area (Å²) in [6.07, 6.45) is 1.39. The molecule has 1 aromatic heterocycles. The van der Waals surface area contributed by atoms with Crippen molar-refractivity contribution in [3.8, 4) is 0 Å². The molecular formula is C26H31FN4O3. The highest BCUT2D eigenvalue weighted by Crippen LogP contribution is 2.13. The summed E-state index contributed by atoms with van der Waals surface area (Å²) in [4.78, 5) is 21.6. The van der Waals surface area contributed by atoms with Gasteiger partial charge < -0.3 is 14.5 Å². The Hall–Kier alpha value is -3.07. The molecule has 4 rings (SSSR count). The number of carbonyl (C=O) groups excluding carboxylic acids is 1. The van der Waals surface area contributed by atoms with Crippen LogP contribution in [0.2, 0.25) is 0 Å². The largest absolute Gasteiger partial charge is 0.447 e. The monoisotopic (exact) mass is 466 g/mol. The fourth-order valence-corrected chi connectivity index (χ4v) is 3.94. The maximum absolute atomic E-state index is 13.1. The molecule has 1 fully saturated rings. The summed E-state index contributed by atoms with van der Waals surface area (Å²) >= 11 is 0. The summed E-state index contributed by atoms with van der Waals surface area (Å²) in [7, 11) is 0. The van der Waals surface area contributed by atoms with Gasteiger partial charge in [0.05, 0.1) is 19.8 Å². The molecule has 2 aromatic carbocycles. The molecule has 3 aromatic rings. The quantitative estimate of drug-likeness (QED) is 0.494. The smallest absolute Gasteiger partial charge is 0.273 e. The summed E-state index contributed by atoms with van der Waals surface area (Å²) < 4.78 is 24.1. The van der Waals surface area contributed by atoms with Crippen molar-refractivity contribution in [2.45, 2.75) is 26.6 Å². The first-order valence-corrected chi connectivity index (χ1v) is 11.6. The van der Waals surface area contributed by atoms with Gasteiger partial charge >= 0.3 is 0 Å². The number of morpholine rings is 1. The number of amides is 1. The van der Waals surface area contributed by atoms with E-state index in [1.54, 1.807) is 12.1 Å². The molecule has 0 atom stereocenters. The number of nitrogens with one attached hydrogen (secondary N) is 1. The first kappa shape index (κ1) is 24.1. The van der Waals surface area contributed by atoms with Gasteiger partial charge in [0.1, 0.15) is 12.1 Å². The average molecular weight is 467 g/mol. The Morgan fingerprint density at radius 2 is 1.91 bits per heavy atom. The minimum Gasteiger partial charge on any atom is -0.447 e. The molecule has 1 amide bonds. The van der Waals surface area contributed by atoms with Crippen molar-refractivity contribution in [3.05, 3.63) is 88.9 Å². The molecule has 0 bridgehead atoms. The third-order valence-electron chi connectivity index (χ3n) is 5.83. The Kier molecular flexibility index (Phi) is 8.41. The molecule has 0 aliphatic carbocycles. The van der Waals surface area contributed by atoms with Gasteiger partial charge in [0, 0.05) is 39.3 Å². The zero-order valence-corrected chi connectivity index (χ0v) is 19.5. The van der Waals surface area contributed by atoms with Gasteiger partial charge in [-0.2, -0.15) is 0 Å². The molecule has 0 unspecified atom stereocenters. The van der Waals surface area contributed by atoms with Crippen molar-refractivity contribution in [2.75, 3.05) is 39.4 Å². The number of rotatable bonds is 10. The normalized spacial score (nSPS) is 14.4. The van der Waals surface area contributed by atoms with Crippen LogP contribution in [-0.4, -0.2) is 60.1 Å². The zero-order chi connectivity index (χ0) is 23.8. The summed E-state index contributed by atoms with van der Waals surface area (Å²) in [6.45, 7) is 8.85. The van der Waals surface area contributed by atoms with E-state index in [9.17, 15) is 9.18 Å². The number of aryl methyl sites for hydroxylation is 1. The third-order valence-corrected chi connectivity index (χ3v) is 5.83. The lowest BCUT2D eigenvalue weighted by atomic mass is 10.1. The molecule has 0 radical (unpaired) electrons. The molecule has 0 saturated carbocycles. The van der Waals surface area contributed by atoms with Crippen LogP contribution in [0, 0.1) is 12.7 Å². The minimum atomic E-state index is -0.321. The van der Waals surface area contributed by atoms with Crippen molar-refractivity contribution >= 4 is 5.91 Å². The number of oxazole rings is 1. The second-order valence-corrected chi connectivity index (χ2v) is 8.59. The maximum atomic E-state index is 13.1. The van der Waals surface area contributed by atoms with Crippen molar-refractivity contribution in [1.29, 1.82) is 0 Å². The van der Waals surface area contributed by atoms with Gasteiger partial charge in [0.2, 0.25) is 5.89 Å². The Balaban J connectivity index is 1.36. The zero-order valence-electron chi connectivity index (χ0n) is 19.5. The van der Waals surface area contributed by atoms with Crippen LogP contribution >= 0.6 is 0 Å². The van der Waals surface area contributed by atoms with E-state index < -0.39 is 0 Å². The lowest BCUT2D eigenvalue weighted by molar-refractivity contribution is 0.0320. The fourth-order valence-electron chi connectivity index (χ4n) is 3.94. The van der Waals surface area contributed by atoms with Gasteiger partial charge in [0.25, 0.3) is 5.91 Å². The summed E-state index contributed by atoms with van der Waals surface area (Å²) in [5.74, 6) is -0.125. The Morgan fingerprint density at radius 3 is 2.68 bits per heavy atom. The molecule has 1 aliphatic heterocycles. The van der Waals surface area contributed by atoms with Gasteiger partial charge in [-0.15, -0.1) is 0 Å². The Morgan fingerprint density at radius 1 is 1.12 bits per heavy atom. The number of benzene rings is 2.